The van der Waals surface area contributed by atoms with Crippen molar-refractivity contribution in [2.75, 3.05) is 26.2 Å². The first-order chi connectivity index (χ1) is 16.9. The number of hydrogen-bond donors (Lipinski definition) is 4. The number of rotatable bonds is 27. The second-order valence-corrected chi connectivity index (χ2v) is 9.37. The summed E-state index contributed by atoms with van der Waals surface area (Å²) in [6.45, 7) is 31.1. The molecule has 4 N–H and O–H groups in total. The van der Waals surface area contributed by atoms with Gasteiger partial charge in [-0.3, -0.25) is 0 Å². The lowest BCUT2D eigenvalue weighted by Crippen LogP contribution is -2.44. The Morgan fingerprint density at radius 3 is 1.37 bits per heavy atom. The molecule has 4 heteroatoms. The van der Waals surface area contributed by atoms with Gasteiger partial charge in [0, 0.05) is 42.3 Å². The van der Waals surface area contributed by atoms with E-state index in [1.165, 1.54) is 51.4 Å². The first-order valence-electron chi connectivity index (χ1n) is 13.4. The van der Waals surface area contributed by atoms with E-state index in [2.05, 4.69) is 67.3 Å². The number of nitrogens with one attached hydrogen (secondary N) is 4. The Morgan fingerprint density at radius 2 is 0.971 bits per heavy atom. The lowest BCUT2D eigenvalue weighted by Gasteiger charge is -2.37. The molecular weight excluding hydrogens is 428 g/mol. The summed E-state index contributed by atoms with van der Waals surface area (Å²) in [5, 5.41) is 13.8. The van der Waals surface area contributed by atoms with Crippen LogP contribution in [0, 0.1) is 0 Å². The molecule has 0 aromatic carbocycles. The van der Waals surface area contributed by atoms with Gasteiger partial charge in [-0.05, 0) is 63.3 Å². The molecular formula is C31H54N4. The van der Waals surface area contributed by atoms with Gasteiger partial charge in [0.05, 0.1) is 0 Å². The highest BCUT2D eigenvalue weighted by molar-refractivity contribution is 5.13. The van der Waals surface area contributed by atoms with E-state index in [9.17, 15) is 0 Å². The number of allylic oxidation sites excluding steroid dienone is 3. The van der Waals surface area contributed by atoms with E-state index in [1.807, 2.05) is 12.2 Å². The molecule has 0 saturated carbocycles. The predicted molar refractivity (Wildman–Crippen MR) is 158 cm³/mol. The van der Waals surface area contributed by atoms with E-state index in [1.54, 1.807) is 12.2 Å². The lowest BCUT2D eigenvalue weighted by atomic mass is 9.81. The third-order valence-electron chi connectivity index (χ3n) is 6.33. The van der Waals surface area contributed by atoms with Crippen molar-refractivity contribution in [1.82, 2.24) is 21.3 Å². The molecule has 0 spiro atoms. The Balaban J connectivity index is 4.87. The van der Waals surface area contributed by atoms with Crippen LogP contribution in [0.4, 0.5) is 0 Å². The summed E-state index contributed by atoms with van der Waals surface area (Å²) in [5.74, 6) is 0. The topological polar surface area (TPSA) is 48.1 Å². The van der Waals surface area contributed by atoms with Gasteiger partial charge in [0.1, 0.15) is 0 Å². The Labute approximate surface area is 217 Å². The molecule has 0 atom stereocenters. The Bertz CT molecular complexity index is 614. The highest BCUT2D eigenvalue weighted by Crippen LogP contribution is 2.30. The molecule has 4 nitrogen and oxygen atoms in total. The minimum absolute atomic E-state index is 0.0795. The fourth-order valence-electron chi connectivity index (χ4n) is 4.22. The van der Waals surface area contributed by atoms with E-state index < -0.39 is 0 Å². The van der Waals surface area contributed by atoms with Crippen LogP contribution >= 0.6 is 0 Å². The van der Waals surface area contributed by atoms with E-state index in [4.69, 9.17) is 0 Å². The van der Waals surface area contributed by atoms with Crippen LogP contribution in [-0.2, 0) is 0 Å². The standard InChI is InChI=1S/C31H54N4/c1-8-24-32-25-18-12-15-21-31(35-30(7)11-4,22-16-13-19-26-33-28(5)9-2)23-17-14-20-27-34-29(6)10-3/h8-11,32-35H,1-7,12-27H2. The van der Waals surface area contributed by atoms with Crippen molar-refractivity contribution in [3.8, 4) is 0 Å². The average molecular weight is 483 g/mol. The summed E-state index contributed by atoms with van der Waals surface area (Å²) >= 11 is 0. The number of unbranched alkanes of at least 4 members (excludes halogenated alkanes) is 6. The molecule has 0 unspecified atom stereocenters. The van der Waals surface area contributed by atoms with Gasteiger partial charge in [-0.1, -0.05) is 84.1 Å². The minimum atomic E-state index is 0.0795. The van der Waals surface area contributed by atoms with Crippen LogP contribution in [0.25, 0.3) is 0 Å². The molecule has 0 aliphatic rings. The van der Waals surface area contributed by atoms with Crippen molar-refractivity contribution in [3.05, 3.63) is 87.4 Å². The first kappa shape index (κ1) is 32.5. The molecule has 0 radical (unpaired) electrons. The summed E-state index contributed by atoms with van der Waals surface area (Å²) in [6.07, 6.45) is 21.5. The van der Waals surface area contributed by atoms with E-state index in [0.717, 1.165) is 69.0 Å². The van der Waals surface area contributed by atoms with Crippen molar-refractivity contribution in [3.63, 3.8) is 0 Å². The van der Waals surface area contributed by atoms with Crippen molar-refractivity contribution >= 4 is 0 Å². The van der Waals surface area contributed by atoms with Gasteiger partial charge in [0.15, 0.2) is 0 Å². The number of hydrogen-bond acceptors (Lipinski definition) is 4. The van der Waals surface area contributed by atoms with Gasteiger partial charge in [-0.25, -0.2) is 0 Å². The van der Waals surface area contributed by atoms with Crippen molar-refractivity contribution in [2.45, 2.75) is 82.6 Å². The van der Waals surface area contributed by atoms with E-state index in [0.29, 0.717) is 0 Å². The maximum absolute atomic E-state index is 4.20. The molecule has 198 valence electrons. The zero-order valence-electron chi connectivity index (χ0n) is 22.6. The highest BCUT2D eigenvalue weighted by Gasteiger charge is 2.28. The zero-order chi connectivity index (χ0) is 26.2. The summed E-state index contributed by atoms with van der Waals surface area (Å²) in [6, 6.07) is 0. The summed E-state index contributed by atoms with van der Waals surface area (Å²) in [5.41, 5.74) is 2.82. The zero-order valence-corrected chi connectivity index (χ0v) is 22.6. The van der Waals surface area contributed by atoms with Crippen molar-refractivity contribution in [1.29, 1.82) is 0 Å². The van der Waals surface area contributed by atoms with Crippen molar-refractivity contribution in [2.24, 2.45) is 0 Å². The summed E-state index contributed by atoms with van der Waals surface area (Å²) in [7, 11) is 0. The Kier molecular flexibility index (Phi) is 20.5. The monoisotopic (exact) mass is 482 g/mol. The second-order valence-electron chi connectivity index (χ2n) is 9.37. The highest BCUT2D eigenvalue weighted by atomic mass is 15.0. The van der Waals surface area contributed by atoms with Crippen molar-refractivity contribution < 1.29 is 0 Å². The average Bonchev–Trinajstić information content (AvgIpc) is 2.86. The first-order valence-corrected chi connectivity index (χ1v) is 13.4. The van der Waals surface area contributed by atoms with E-state index >= 15 is 0 Å². The molecule has 0 heterocycles. The third-order valence-corrected chi connectivity index (χ3v) is 6.33. The minimum Gasteiger partial charge on any atom is -0.386 e. The molecule has 0 bridgehead atoms. The quantitative estimate of drug-likeness (QED) is 0.0575. The van der Waals surface area contributed by atoms with Gasteiger partial charge in [-0.2, -0.15) is 0 Å². The van der Waals surface area contributed by atoms with Gasteiger partial charge in [0.25, 0.3) is 0 Å². The molecule has 0 aromatic heterocycles. The Morgan fingerprint density at radius 1 is 0.543 bits per heavy atom. The molecule has 0 aliphatic heterocycles. The van der Waals surface area contributed by atoms with Gasteiger partial charge in [-0.15, -0.1) is 6.58 Å². The molecule has 0 rings (SSSR count). The smallest absolute Gasteiger partial charge is 0.0373 e. The second kappa shape index (κ2) is 22.0. The summed E-state index contributed by atoms with van der Waals surface area (Å²) in [4.78, 5) is 0. The predicted octanol–water partition coefficient (Wildman–Crippen LogP) is 7.05. The van der Waals surface area contributed by atoms with E-state index in [-0.39, 0.29) is 5.54 Å². The van der Waals surface area contributed by atoms with Gasteiger partial charge in [0.2, 0.25) is 0 Å². The van der Waals surface area contributed by atoms with Crippen LogP contribution in [0.3, 0.4) is 0 Å². The lowest BCUT2D eigenvalue weighted by molar-refractivity contribution is 0.258. The molecule has 0 saturated heterocycles. The largest absolute Gasteiger partial charge is 0.386 e. The van der Waals surface area contributed by atoms with Crippen LogP contribution in [0.5, 0.6) is 0 Å². The van der Waals surface area contributed by atoms with Crippen LogP contribution in [-0.4, -0.2) is 31.7 Å². The molecule has 0 aromatic rings. The molecule has 0 fully saturated rings. The molecule has 35 heavy (non-hydrogen) atoms. The Hall–Kier alpha value is -2.46. The normalized spacial score (nSPS) is 10.7. The fourth-order valence-corrected chi connectivity index (χ4v) is 4.22. The molecule has 0 amide bonds. The third kappa shape index (κ3) is 18.5. The van der Waals surface area contributed by atoms with Crippen LogP contribution in [0.2, 0.25) is 0 Å². The van der Waals surface area contributed by atoms with Crippen LogP contribution in [0.1, 0.15) is 77.0 Å². The van der Waals surface area contributed by atoms with Gasteiger partial charge < -0.3 is 21.3 Å². The maximum atomic E-state index is 4.20. The SMILES string of the molecule is C=CCNCCCCCC(CCCCCNC(=C)C=C)(CCCCCNC(=C)C=C)NC(=C)C=C. The van der Waals surface area contributed by atoms with Crippen LogP contribution < -0.4 is 21.3 Å². The fraction of sp³-hybridized carbons (Fsp3) is 0.548. The van der Waals surface area contributed by atoms with Gasteiger partial charge >= 0.3 is 0 Å². The molecule has 0 aliphatic carbocycles. The maximum Gasteiger partial charge on any atom is 0.0373 e. The van der Waals surface area contributed by atoms with Crippen LogP contribution in [0.15, 0.2) is 87.4 Å². The summed E-state index contributed by atoms with van der Waals surface area (Å²) < 4.78 is 0.